The van der Waals surface area contributed by atoms with Gasteiger partial charge in [-0.3, -0.25) is 4.79 Å². The Hall–Kier alpha value is -1.62. The molecule has 0 saturated carbocycles. The topological polar surface area (TPSA) is 59.3 Å². The Balaban J connectivity index is 2.67. The summed E-state index contributed by atoms with van der Waals surface area (Å²) < 4.78 is 2.12. The molecule has 0 fully saturated rings. The molecule has 2 heterocycles. The van der Waals surface area contributed by atoms with Crippen LogP contribution in [-0.2, 0) is 4.79 Å². The molecule has 0 aliphatic carbocycles. The van der Waals surface area contributed by atoms with E-state index < -0.39 is 12.0 Å². The Morgan fingerprint density at radius 2 is 2.27 bits per heavy atom. The first kappa shape index (κ1) is 9.92. The quantitative estimate of drug-likeness (QED) is 0.843. The zero-order valence-electron chi connectivity index (χ0n) is 8.01. The highest BCUT2D eigenvalue weighted by Gasteiger charge is 2.15. The molecule has 0 amide bonds. The van der Waals surface area contributed by atoms with Gasteiger partial charge in [0.1, 0.15) is 6.04 Å². The zero-order valence-corrected chi connectivity index (χ0v) is 8.82. The minimum atomic E-state index is -1.01. The Morgan fingerprint density at radius 1 is 1.53 bits per heavy atom. The summed E-state index contributed by atoms with van der Waals surface area (Å²) in [4.78, 5) is 22.6. The van der Waals surface area contributed by atoms with Gasteiger partial charge in [-0.2, -0.15) is 0 Å². The van der Waals surface area contributed by atoms with Gasteiger partial charge in [-0.1, -0.05) is 0 Å². The molecule has 0 saturated heterocycles. The predicted octanol–water partition coefficient (Wildman–Crippen LogP) is 1.71. The number of aliphatic carboxylic acids is 1. The maximum atomic E-state index is 11.8. The second-order valence-corrected chi connectivity index (χ2v) is 4.19. The highest BCUT2D eigenvalue weighted by Crippen LogP contribution is 2.17. The highest BCUT2D eigenvalue weighted by molar-refractivity contribution is 7.17. The average molecular weight is 223 g/mol. The number of aromatic nitrogens is 1. The van der Waals surface area contributed by atoms with Gasteiger partial charge in [-0.25, -0.2) is 4.79 Å². The number of thiophene rings is 1. The van der Waals surface area contributed by atoms with E-state index in [-0.39, 0.29) is 5.56 Å². The van der Waals surface area contributed by atoms with Gasteiger partial charge in [-0.05, 0) is 24.4 Å². The first-order chi connectivity index (χ1) is 7.11. The van der Waals surface area contributed by atoms with Crippen LogP contribution in [0, 0.1) is 0 Å². The van der Waals surface area contributed by atoms with Gasteiger partial charge in [0, 0.05) is 10.9 Å². The summed E-state index contributed by atoms with van der Waals surface area (Å²) in [5, 5.41) is 11.2. The average Bonchev–Trinajstić information content (AvgIpc) is 2.66. The number of nitrogens with zero attached hydrogens (tertiary/aromatic N) is 1. The Labute approximate surface area is 89.4 Å². The van der Waals surface area contributed by atoms with E-state index >= 15 is 0 Å². The lowest BCUT2D eigenvalue weighted by molar-refractivity contribution is -0.140. The fourth-order valence-corrected chi connectivity index (χ4v) is 2.18. The van der Waals surface area contributed by atoms with E-state index in [4.69, 9.17) is 5.11 Å². The smallest absolute Gasteiger partial charge is 0.326 e. The molecule has 0 aliphatic rings. The van der Waals surface area contributed by atoms with Crippen LogP contribution >= 0.6 is 11.3 Å². The molecule has 4 nitrogen and oxygen atoms in total. The van der Waals surface area contributed by atoms with E-state index in [0.29, 0.717) is 5.39 Å². The largest absolute Gasteiger partial charge is 0.480 e. The number of pyridine rings is 1. The van der Waals surface area contributed by atoms with Gasteiger partial charge in [-0.15, -0.1) is 11.3 Å². The summed E-state index contributed by atoms with van der Waals surface area (Å²) in [7, 11) is 0. The van der Waals surface area contributed by atoms with Crippen LogP contribution in [0.3, 0.4) is 0 Å². The first-order valence-electron chi connectivity index (χ1n) is 4.42. The Kier molecular flexibility index (Phi) is 2.32. The van der Waals surface area contributed by atoms with Gasteiger partial charge in [0.05, 0.1) is 5.39 Å². The van der Waals surface area contributed by atoms with Crippen LogP contribution in [0.2, 0.25) is 0 Å². The number of carboxylic acid groups (broad SMARTS) is 1. The van der Waals surface area contributed by atoms with Crippen molar-refractivity contribution in [3.63, 3.8) is 0 Å². The van der Waals surface area contributed by atoms with E-state index in [1.807, 2.05) is 5.38 Å². The number of rotatable bonds is 2. The molecule has 1 atom stereocenters. The summed E-state index contributed by atoms with van der Waals surface area (Å²) in [6.45, 7) is 1.49. The molecule has 15 heavy (non-hydrogen) atoms. The molecule has 0 spiro atoms. The summed E-state index contributed by atoms with van der Waals surface area (Å²) >= 11 is 1.47. The third kappa shape index (κ3) is 1.55. The third-order valence-electron chi connectivity index (χ3n) is 2.32. The molecule has 5 heteroatoms. The molecule has 0 bridgehead atoms. The van der Waals surface area contributed by atoms with Crippen LogP contribution in [0.5, 0.6) is 0 Å². The number of hydrogen-bond donors (Lipinski definition) is 1. The van der Waals surface area contributed by atoms with Gasteiger partial charge < -0.3 is 9.67 Å². The molecular formula is C10H9NO3S. The molecule has 0 unspecified atom stereocenters. The fraction of sp³-hybridized carbons (Fsp3) is 0.200. The van der Waals surface area contributed by atoms with Crippen molar-refractivity contribution in [3.8, 4) is 0 Å². The number of fused-ring (bicyclic) bond motifs is 1. The SMILES string of the molecule is C[C@@H](C(=O)O)n1ccc2sccc2c1=O. The van der Waals surface area contributed by atoms with E-state index in [0.717, 1.165) is 4.70 Å². The third-order valence-corrected chi connectivity index (χ3v) is 3.20. The second-order valence-electron chi connectivity index (χ2n) is 3.24. The molecule has 78 valence electrons. The number of carboxylic acids is 1. The molecule has 0 radical (unpaired) electrons. The van der Waals surface area contributed by atoms with Crippen molar-refractivity contribution in [1.82, 2.24) is 4.57 Å². The Bertz CT molecular complexity index is 569. The van der Waals surface area contributed by atoms with Gasteiger partial charge in [0.15, 0.2) is 0 Å². The van der Waals surface area contributed by atoms with Crippen LogP contribution in [0.25, 0.3) is 10.1 Å². The van der Waals surface area contributed by atoms with Crippen molar-refractivity contribution in [1.29, 1.82) is 0 Å². The van der Waals surface area contributed by atoms with E-state index in [9.17, 15) is 9.59 Å². The van der Waals surface area contributed by atoms with Crippen molar-refractivity contribution in [2.24, 2.45) is 0 Å². The lowest BCUT2D eigenvalue weighted by Gasteiger charge is -2.09. The normalized spacial score (nSPS) is 12.9. The monoisotopic (exact) mass is 223 g/mol. The summed E-state index contributed by atoms with van der Waals surface area (Å²) in [5.74, 6) is -1.01. The van der Waals surface area contributed by atoms with E-state index in [1.165, 1.54) is 29.0 Å². The maximum absolute atomic E-state index is 11.8. The van der Waals surface area contributed by atoms with Gasteiger partial charge in [0.2, 0.25) is 0 Å². The van der Waals surface area contributed by atoms with Crippen LogP contribution in [0.15, 0.2) is 28.5 Å². The Morgan fingerprint density at radius 3 is 2.93 bits per heavy atom. The van der Waals surface area contributed by atoms with Gasteiger partial charge in [0.25, 0.3) is 5.56 Å². The van der Waals surface area contributed by atoms with E-state index in [2.05, 4.69) is 0 Å². The standard InChI is InChI=1S/C10H9NO3S/c1-6(10(13)14)11-4-2-8-7(9(11)12)3-5-15-8/h2-6H,1H3,(H,13,14)/t6-/m0/s1. The first-order valence-corrected chi connectivity index (χ1v) is 5.30. The van der Waals surface area contributed by atoms with E-state index in [1.54, 1.807) is 12.1 Å². The van der Waals surface area contributed by atoms with Crippen molar-refractivity contribution < 1.29 is 9.90 Å². The molecule has 0 aliphatic heterocycles. The van der Waals surface area contributed by atoms with Crippen LogP contribution in [0.4, 0.5) is 0 Å². The lowest BCUT2D eigenvalue weighted by Crippen LogP contribution is -2.27. The lowest BCUT2D eigenvalue weighted by atomic mass is 10.3. The zero-order chi connectivity index (χ0) is 11.0. The minimum absolute atomic E-state index is 0.247. The van der Waals surface area contributed by atoms with Crippen molar-refractivity contribution >= 4 is 27.4 Å². The maximum Gasteiger partial charge on any atom is 0.326 e. The summed E-state index contributed by atoms with van der Waals surface area (Å²) in [6, 6.07) is 2.65. The molecule has 0 aromatic carbocycles. The second kappa shape index (κ2) is 3.51. The minimum Gasteiger partial charge on any atom is -0.480 e. The fourth-order valence-electron chi connectivity index (χ4n) is 1.41. The van der Waals surface area contributed by atoms with Crippen LogP contribution < -0.4 is 5.56 Å². The molecule has 1 N–H and O–H groups in total. The van der Waals surface area contributed by atoms with Crippen LogP contribution in [-0.4, -0.2) is 15.6 Å². The highest BCUT2D eigenvalue weighted by atomic mass is 32.1. The predicted molar refractivity (Wildman–Crippen MR) is 58.4 cm³/mol. The van der Waals surface area contributed by atoms with Crippen molar-refractivity contribution in [2.75, 3.05) is 0 Å². The van der Waals surface area contributed by atoms with Crippen LogP contribution in [0.1, 0.15) is 13.0 Å². The van der Waals surface area contributed by atoms with Crippen molar-refractivity contribution in [3.05, 3.63) is 34.1 Å². The molecule has 2 rings (SSSR count). The number of carbonyl (C=O) groups is 1. The van der Waals surface area contributed by atoms with Crippen molar-refractivity contribution in [2.45, 2.75) is 13.0 Å². The molecule has 2 aromatic heterocycles. The molecular weight excluding hydrogens is 214 g/mol. The summed E-state index contributed by atoms with van der Waals surface area (Å²) in [5.41, 5.74) is -0.247. The molecule has 2 aromatic rings. The van der Waals surface area contributed by atoms with Gasteiger partial charge >= 0.3 is 5.97 Å². The number of hydrogen-bond acceptors (Lipinski definition) is 3. The summed E-state index contributed by atoms with van der Waals surface area (Å²) in [6.07, 6.45) is 1.53.